The number of hydrogen-bond donors (Lipinski definition) is 1. The molecule has 5 heteroatoms. The van der Waals surface area contributed by atoms with Gasteiger partial charge in [0.25, 0.3) is 10.0 Å². The van der Waals surface area contributed by atoms with Crippen LogP contribution in [-0.2, 0) is 16.4 Å². The SMILES string of the molecule is CCC(Cc1ccccc1)=NNS(=O)(=O)c1ccc(C)cc1. The van der Waals surface area contributed by atoms with Gasteiger partial charge in [-0.25, -0.2) is 4.83 Å². The molecule has 116 valence electrons. The quantitative estimate of drug-likeness (QED) is 0.657. The van der Waals surface area contributed by atoms with E-state index in [-0.39, 0.29) is 4.90 Å². The highest BCUT2D eigenvalue weighted by molar-refractivity contribution is 7.89. The fourth-order valence-electron chi connectivity index (χ4n) is 1.97. The third-order valence-corrected chi connectivity index (χ3v) is 4.54. The van der Waals surface area contributed by atoms with Gasteiger partial charge in [0.15, 0.2) is 0 Å². The van der Waals surface area contributed by atoms with Crippen molar-refractivity contribution in [3.63, 3.8) is 0 Å². The second-order valence-electron chi connectivity index (χ2n) is 5.10. The standard InChI is InChI=1S/C17H20N2O2S/c1-3-16(13-15-7-5-4-6-8-15)18-19-22(20,21)17-11-9-14(2)10-12-17/h4-12,19H,3,13H2,1-2H3. The van der Waals surface area contributed by atoms with Crippen LogP contribution in [0.25, 0.3) is 0 Å². The number of rotatable bonds is 6. The summed E-state index contributed by atoms with van der Waals surface area (Å²) in [4.78, 5) is 2.55. The summed E-state index contributed by atoms with van der Waals surface area (Å²) < 4.78 is 24.4. The summed E-state index contributed by atoms with van der Waals surface area (Å²) in [5.41, 5.74) is 2.92. The molecular formula is C17H20N2O2S. The van der Waals surface area contributed by atoms with Gasteiger partial charge in [-0.2, -0.15) is 13.5 Å². The van der Waals surface area contributed by atoms with Crippen molar-refractivity contribution in [2.24, 2.45) is 5.10 Å². The van der Waals surface area contributed by atoms with Crippen molar-refractivity contribution >= 4 is 15.7 Å². The molecule has 0 aliphatic rings. The van der Waals surface area contributed by atoms with Crippen LogP contribution < -0.4 is 4.83 Å². The molecule has 0 aromatic heterocycles. The highest BCUT2D eigenvalue weighted by Crippen LogP contribution is 2.10. The summed E-state index contributed by atoms with van der Waals surface area (Å²) in [6.45, 7) is 3.87. The van der Waals surface area contributed by atoms with Crippen molar-refractivity contribution in [1.82, 2.24) is 4.83 Å². The molecule has 2 rings (SSSR count). The molecule has 2 aromatic rings. The third-order valence-electron chi connectivity index (χ3n) is 3.31. The Morgan fingerprint density at radius 1 is 1.05 bits per heavy atom. The van der Waals surface area contributed by atoms with Crippen LogP contribution in [0, 0.1) is 6.92 Å². The maximum atomic E-state index is 12.2. The molecule has 0 heterocycles. The van der Waals surface area contributed by atoms with Crippen molar-refractivity contribution in [3.05, 3.63) is 65.7 Å². The van der Waals surface area contributed by atoms with E-state index in [0.29, 0.717) is 12.8 Å². The molecule has 0 aliphatic heterocycles. The Bertz CT molecular complexity index is 736. The molecule has 4 nitrogen and oxygen atoms in total. The lowest BCUT2D eigenvalue weighted by molar-refractivity contribution is 0.584. The van der Waals surface area contributed by atoms with Crippen LogP contribution in [0.4, 0.5) is 0 Å². The maximum absolute atomic E-state index is 12.2. The first kappa shape index (κ1) is 16.2. The number of nitrogens with zero attached hydrogens (tertiary/aromatic N) is 1. The van der Waals surface area contributed by atoms with Crippen LogP contribution in [-0.4, -0.2) is 14.1 Å². The molecule has 0 saturated carbocycles. The van der Waals surface area contributed by atoms with Crippen LogP contribution in [0.2, 0.25) is 0 Å². The minimum Gasteiger partial charge on any atom is -0.200 e. The van der Waals surface area contributed by atoms with Crippen LogP contribution in [0.15, 0.2) is 64.6 Å². The average molecular weight is 316 g/mol. The fraction of sp³-hybridized carbons (Fsp3) is 0.235. The first-order valence-corrected chi connectivity index (χ1v) is 8.67. The number of nitrogens with one attached hydrogen (secondary N) is 1. The van der Waals surface area contributed by atoms with E-state index in [2.05, 4.69) is 9.93 Å². The number of hydrazone groups is 1. The molecule has 0 aliphatic carbocycles. The second-order valence-corrected chi connectivity index (χ2v) is 6.76. The normalized spacial score (nSPS) is 12.2. The highest BCUT2D eigenvalue weighted by Gasteiger charge is 2.12. The topological polar surface area (TPSA) is 58.5 Å². The first-order chi connectivity index (χ1) is 10.5. The zero-order valence-electron chi connectivity index (χ0n) is 12.8. The van der Waals surface area contributed by atoms with E-state index in [1.165, 1.54) is 0 Å². The van der Waals surface area contributed by atoms with Gasteiger partial charge in [-0.15, -0.1) is 0 Å². The van der Waals surface area contributed by atoms with Gasteiger partial charge in [0.2, 0.25) is 0 Å². The molecular weight excluding hydrogens is 296 g/mol. The summed E-state index contributed by atoms with van der Waals surface area (Å²) in [6.07, 6.45) is 1.32. The van der Waals surface area contributed by atoms with Crippen LogP contribution >= 0.6 is 0 Å². The van der Waals surface area contributed by atoms with Crippen LogP contribution in [0.5, 0.6) is 0 Å². The molecule has 0 atom stereocenters. The second kappa shape index (κ2) is 7.22. The Hall–Kier alpha value is -2.14. The molecule has 0 spiro atoms. The van der Waals surface area contributed by atoms with E-state index in [0.717, 1.165) is 16.8 Å². The lowest BCUT2D eigenvalue weighted by Crippen LogP contribution is -2.20. The zero-order chi connectivity index (χ0) is 16.0. The maximum Gasteiger partial charge on any atom is 0.276 e. The molecule has 0 unspecified atom stereocenters. The summed E-state index contributed by atoms with van der Waals surface area (Å²) in [6, 6.07) is 16.6. The van der Waals surface area contributed by atoms with Crippen molar-refractivity contribution in [1.29, 1.82) is 0 Å². The Morgan fingerprint density at radius 2 is 1.68 bits per heavy atom. The monoisotopic (exact) mass is 316 g/mol. The third kappa shape index (κ3) is 4.43. The molecule has 0 saturated heterocycles. The van der Waals surface area contributed by atoms with Gasteiger partial charge >= 0.3 is 0 Å². The Balaban J connectivity index is 2.12. The van der Waals surface area contributed by atoms with Crippen molar-refractivity contribution < 1.29 is 8.42 Å². The molecule has 0 fully saturated rings. The smallest absolute Gasteiger partial charge is 0.200 e. The number of aryl methyl sites for hydroxylation is 1. The summed E-state index contributed by atoms with van der Waals surface area (Å²) in [5.74, 6) is 0. The number of hydrogen-bond acceptors (Lipinski definition) is 3. The first-order valence-electron chi connectivity index (χ1n) is 7.19. The molecule has 0 radical (unpaired) electrons. The van der Waals surface area contributed by atoms with E-state index >= 15 is 0 Å². The zero-order valence-corrected chi connectivity index (χ0v) is 13.6. The van der Waals surface area contributed by atoms with E-state index < -0.39 is 10.0 Å². The molecule has 0 amide bonds. The lowest BCUT2D eigenvalue weighted by Gasteiger charge is -2.07. The van der Waals surface area contributed by atoms with Crippen LogP contribution in [0.1, 0.15) is 24.5 Å². The van der Waals surface area contributed by atoms with Gasteiger partial charge in [-0.05, 0) is 31.0 Å². The van der Waals surface area contributed by atoms with Gasteiger partial charge in [0.05, 0.1) is 4.90 Å². The Morgan fingerprint density at radius 3 is 2.27 bits per heavy atom. The summed E-state index contributed by atoms with van der Waals surface area (Å²) >= 11 is 0. The van der Waals surface area contributed by atoms with Gasteiger partial charge in [0, 0.05) is 12.1 Å². The number of sulfonamides is 1. The van der Waals surface area contributed by atoms with Gasteiger partial charge in [-0.1, -0.05) is 55.0 Å². The highest BCUT2D eigenvalue weighted by atomic mass is 32.2. The summed E-state index contributed by atoms with van der Waals surface area (Å²) in [7, 11) is -3.61. The molecule has 1 N–H and O–H groups in total. The predicted octanol–water partition coefficient (Wildman–Crippen LogP) is 3.28. The van der Waals surface area contributed by atoms with Gasteiger partial charge < -0.3 is 0 Å². The molecule has 2 aromatic carbocycles. The lowest BCUT2D eigenvalue weighted by atomic mass is 10.1. The largest absolute Gasteiger partial charge is 0.276 e. The van der Waals surface area contributed by atoms with Crippen LogP contribution in [0.3, 0.4) is 0 Å². The number of benzene rings is 2. The van der Waals surface area contributed by atoms with E-state index in [4.69, 9.17) is 0 Å². The minimum absolute atomic E-state index is 0.219. The molecule has 22 heavy (non-hydrogen) atoms. The van der Waals surface area contributed by atoms with Crippen molar-refractivity contribution in [2.75, 3.05) is 0 Å². The minimum atomic E-state index is -3.61. The van der Waals surface area contributed by atoms with Crippen molar-refractivity contribution in [2.45, 2.75) is 31.6 Å². The fourth-order valence-corrected chi connectivity index (χ4v) is 2.82. The van der Waals surface area contributed by atoms with Crippen molar-refractivity contribution in [3.8, 4) is 0 Å². The Labute approximate surface area is 131 Å². The predicted molar refractivity (Wildman–Crippen MR) is 89.4 cm³/mol. The van der Waals surface area contributed by atoms with E-state index in [1.807, 2.05) is 44.2 Å². The van der Waals surface area contributed by atoms with E-state index in [1.54, 1.807) is 24.3 Å². The average Bonchev–Trinajstić information content (AvgIpc) is 2.53. The summed E-state index contributed by atoms with van der Waals surface area (Å²) in [5, 5.41) is 4.09. The van der Waals surface area contributed by atoms with Gasteiger partial charge in [0.1, 0.15) is 0 Å². The Kier molecular flexibility index (Phi) is 5.33. The van der Waals surface area contributed by atoms with E-state index in [9.17, 15) is 8.42 Å². The van der Waals surface area contributed by atoms with Gasteiger partial charge in [-0.3, -0.25) is 0 Å². The molecule has 0 bridgehead atoms.